The summed E-state index contributed by atoms with van der Waals surface area (Å²) in [7, 11) is 0. The van der Waals surface area contributed by atoms with E-state index in [0.717, 1.165) is 0 Å². The molecule has 0 aromatic rings. The van der Waals surface area contributed by atoms with Gasteiger partial charge in [-0.3, -0.25) is 0 Å². The minimum atomic E-state index is -1.51. The molecule has 4 nitrogen and oxygen atoms in total. The van der Waals surface area contributed by atoms with E-state index < -0.39 is 18.0 Å². The lowest BCUT2D eigenvalue weighted by Gasteiger charge is -2.16. The first kappa shape index (κ1) is 8.67. The monoisotopic (exact) mass is 160 g/mol. The predicted octanol–water partition coefficient (Wildman–Crippen LogP) is -0.997. The van der Waals surface area contributed by atoms with Crippen LogP contribution in [0.3, 0.4) is 0 Å². The third-order valence-corrected chi connectivity index (χ3v) is 1.87. The van der Waals surface area contributed by atoms with Crippen LogP contribution in [0.2, 0.25) is 0 Å². The SMILES string of the molecule is C=C1[C@H](O)[C@@H](CO)O[C@]1(C)O. The molecule has 0 amide bonds. The van der Waals surface area contributed by atoms with Gasteiger partial charge in [0.1, 0.15) is 12.2 Å². The number of ether oxygens (including phenoxy) is 1. The van der Waals surface area contributed by atoms with Crippen molar-refractivity contribution in [1.29, 1.82) is 0 Å². The van der Waals surface area contributed by atoms with E-state index >= 15 is 0 Å². The van der Waals surface area contributed by atoms with Crippen LogP contribution in [-0.2, 0) is 4.74 Å². The first-order valence-electron chi connectivity index (χ1n) is 3.37. The highest BCUT2D eigenvalue weighted by atomic mass is 16.6. The van der Waals surface area contributed by atoms with Crippen LogP contribution in [0.4, 0.5) is 0 Å². The van der Waals surface area contributed by atoms with Crippen LogP contribution in [0.5, 0.6) is 0 Å². The number of rotatable bonds is 1. The maximum atomic E-state index is 9.34. The van der Waals surface area contributed by atoms with E-state index in [-0.39, 0.29) is 12.2 Å². The third kappa shape index (κ3) is 1.30. The van der Waals surface area contributed by atoms with E-state index in [0.29, 0.717) is 0 Å². The molecule has 0 aliphatic carbocycles. The Kier molecular flexibility index (Phi) is 2.02. The van der Waals surface area contributed by atoms with Crippen molar-refractivity contribution in [3.8, 4) is 0 Å². The molecule has 11 heavy (non-hydrogen) atoms. The van der Waals surface area contributed by atoms with Crippen molar-refractivity contribution < 1.29 is 20.1 Å². The highest BCUT2D eigenvalue weighted by Crippen LogP contribution is 2.31. The molecule has 0 saturated carbocycles. The van der Waals surface area contributed by atoms with E-state index in [9.17, 15) is 10.2 Å². The number of hydrogen-bond acceptors (Lipinski definition) is 4. The van der Waals surface area contributed by atoms with Gasteiger partial charge in [0, 0.05) is 5.57 Å². The van der Waals surface area contributed by atoms with Gasteiger partial charge in [-0.05, 0) is 6.92 Å². The molecule has 4 heteroatoms. The summed E-state index contributed by atoms with van der Waals surface area (Å²) in [5, 5.41) is 27.2. The lowest BCUT2D eigenvalue weighted by molar-refractivity contribution is -0.171. The van der Waals surface area contributed by atoms with Crippen LogP contribution in [0.1, 0.15) is 6.92 Å². The molecule has 0 radical (unpaired) electrons. The van der Waals surface area contributed by atoms with Gasteiger partial charge < -0.3 is 20.1 Å². The van der Waals surface area contributed by atoms with Gasteiger partial charge in [0.05, 0.1) is 6.61 Å². The van der Waals surface area contributed by atoms with Crippen molar-refractivity contribution >= 4 is 0 Å². The fourth-order valence-electron chi connectivity index (χ4n) is 1.07. The molecule has 0 unspecified atom stereocenters. The average Bonchev–Trinajstić information content (AvgIpc) is 2.13. The lowest BCUT2D eigenvalue weighted by Crippen LogP contribution is -2.26. The van der Waals surface area contributed by atoms with Crippen LogP contribution in [0, 0.1) is 0 Å². The zero-order valence-electron chi connectivity index (χ0n) is 6.32. The minimum absolute atomic E-state index is 0.191. The van der Waals surface area contributed by atoms with Gasteiger partial charge in [-0.25, -0.2) is 0 Å². The molecule has 1 aliphatic heterocycles. The molecular weight excluding hydrogens is 148 g/mol. The summed E-state index contributed by atoms with van der Waals surface area (Å²) in [4.78, 5) is 0. The summed E-state index contributed by atoms with van der Waals surface area (Å²) in [6, 6.07) is 0. The van der Waals surface area contributed by atoms with Crippen LogP contribution in [0.25, 0.3) is 0 Å². The average molecular weight is 160 g/mol. The molecular formula is C7H12O4. The van der Waals surface area contributed by atoms with Gasteiger partial charge in [-0.15, -0.1) is 0 Å². The van der Waals surface area contributed by atoms with Crippen LogP contribution in [0.15, 0.2) is 12.2 Å². The maximum Gasteiger partial charge on any atom is 0.188 e. The summed E-state index contributed by atoms with van der Waals surface area (Å²) in [5.41, 5.74) is 0.191. The van der Waals surface area contributed by atoms with Gasteiger partial charge in [0.15, 0.2) is 5.79 Å². The highest BCUT2D eigenvalue weighted by molar-refractivity contribution is 5.18. The topological polar surface area (TPSA) is 69.9 Å². The van der Waals surface area contributed by atoms with Gasteiger partial charge >= 0.3 is 0 Å². The molecule has 0 bridgehead atoms. The first-order chi connectivity index (χ1) is 4.99. The Morgan fingerprint density at radius 2 is 2.27 bits per heavy atom. The summed E-state index contributed by atoms with van der Waals surface area (Å²) >= 11 is 0. The second-order valence-electron chi connectivity index (χ2n) is 2.79. The number of aliphatic hydroxyl groups excluding tert-OH is 2. The quantitative estimate of drug-likeness (QED) is 0.430. The van der Waals surface area contributed by atoms with E-state index in [1.54, 1.807) is 0 Å². The van der Waals surface area contributed by atoms with E-state index in [1.807, 2.05) is 0 Å². The van der Waals surface area contributed by atoms with Gasteiger partial charge in [-0.1, -0.05) is 6.58 Å². The Morgan fingerprint density at radius 3 is 2.45 bits per heavy atom. The number of hydrogen-bond donors (Lipinski definition) is 3. The van der Waals surface area contributed by atoms with Crippen molar-refractivity contribution in [2.45, 2.75) is 24.9 Å². The molecule has 1 saturated heterocycles. The van der Waals surface area contributed by atoms with E-state index in [1.165, 1.54) is 6.92 Å². The largest absolute Gasteiger partial charge is 0.394 e. The second-order valence-corrected chi connectivity index (χ2v) is 2.79. The molecule has 1 fully saturated rings. The summed E-state index contributed by atoms with van der Waals surface area (Å²) in [6.07, 6.45) is -1.73. The number of aliphatic hydroxyl groups is 3. The normalized spacial score (nSPS) is 44.9. The lowest BCUT2D eigenvalue weighted by atomic mass is 10.1. The van der Waals surface area contributed by atoms with Crippen molar-refractivity contribution in [1.82, 2.24) is 0 Å². The van der Waals surface area contributed by atoms with Gasteiger partial charge in [0.2, 0.25) is 0 Å². The smallest absolute Gasteiger partial charge is 0.188 e. The van der Waals surface area contributed by atoms with Crippen molar-refractivity contribution in [2.75, 3.05) is 6.61 Å². The molecule has 0 aromatic carbocycles. The van der Waals surface area contributed by atoms with Crippen LogP contribution < -0.4 is 0 Å². The first-order valence-corrected chi connectivity index (χ1v) is 3.37. The highest BCUT2D eigenvalue weighted by Gasteiger charge is 2.44. The minimum Gasteiger partial charge on any atom is -0.394 e. The van der Waals surface area contributed by atoms with Gasteiger partial charge in [-0.2, -0.15) is 0 Å². The molecule has 0 aromatic heterocycles. The molecule has 64 valence electrons. The molecule has 3 atom stereocenters. The van der Waals surface area contributed by atoms with Crippen LogP contribution >= 0.6 is 0 Å². The summed E-state index contributed by atoms with van der Waals surface area (Å²) in [5.74, 6) is -1.51. The molecule has 1 heterocycles. The molecule has 3 N–H and O–H groups in total. The third-order valence-electron chi connectivity index (χ3n) is 1.87. The Morgan fingerprint density at radius 1 is 1.73 bits per heavy atom. The molecule has 0 spiro atoms. The Hall–Kier alpha value is -0.420. The van der Waals surface area contributed by atoms with Crippen LogP contribution in [-0.4, -0.2) is 39.9 Å². The Balaban J connectivity index is 2.77. The molecule has 1 rings (SSSR count). The molecule has 1 aliphatic rings. The summed E-state index contributed by atoms with van der Waals surface area (Å²) < 4.78 is 4.88. The summed E-state index contributed by atoms with van der Waals surface area (Å²) in [6.45, 7) is 4.51. The van der Waals surface area contributed by atoms with Gasteiger partial charge in [0.25, 0.3) is 0 Å². The maximum absolute atomic E-state index is 9.34. The van der Waals surface area contributed by atoms with Crippen molar-refractivity contribution in [3.63, 3.8) is 0 Å². The van der Waals surface area contributed by atoms with Crippen molar-refractivity contribution in [2.24, 2.45) is 0 Å². The predicted molar refractivity (Wildman–Crippen MR) is 37.7 cm³/mol. The van der Waals surface area contributed by atoms with E-state index in [4.69, 9.17) is 9.84 Å². The standard InChI is InChI=1S/C7H12O4/c1-4-6(9)5(3-8)11-7(4,2)10/h5-6,8-10H,1,3H2,2H3/t5-,6+,7+/m1/s1. The second kappa shape index (κ2) is 2.57. The zero-order valence-corrected chi connectivity index (χ0v) is 6.32. The zero-order chi connectivity index (χ0) is 8.65. The Bertz CT molecular complexity index is 175. The Labute approximate surface area is 64.7 Å². The van der Waals surface area contributed by atoms with Crippen molar-refractivity contribution in [3.05, 3.63) is 12.2 Å². The fraction of sp³-hybridized carbons (Fsp3) is 0.714. The fourth-order valence-corrected chi connectivity index (χ4v) is 1.07. The van der Waals surface area contributed by atoms with E-state index in [2.05, 4.69) is 6.58 Å².